The van der Waals surface area contributed by atoms with Crippen LogP contribution in [0.1, 0.15) is 42.4 Å². The minimum absolute atomic E-state index is 0.106. The van der Waals surface area contributed by atoms with Gasteiger partial charge in [0.1, 0.15) is 11.9 Å². The third-order valence-corrected chi connectivity index (χ3v) is 6.35. The van der Waals surface area contributed by atoms with Gasteiger partial charge in [0.2, 0.25) is 0 Å². The summed E-state index contributed by atoms with van der Waals surface area (Å²) in [5, 5.41) is 19.1. The highest BCUT2D eigenvalue weighted by molar-refractivity contribution is 7.10. The van der Waals surface area contributed by atoms with Crippen LogP contribution in [0.5, 0.6) is 0 Å². The number of nitrogens with zero attached hydrogens (tertiary/aromatic N) is 2. The molecular formula is C22H31FN4OS. The molecule has 1 saturated heterocycles. The number of piperidine rings is 1. The number of guanidine groups is 1. The van der Waals surface area contributed by atoms with Gasteiger partial charge in [-0.25, -0.2) is 4.39 Å². The second kappa shape index (κ2) is 10.7. The van der Waals surface area contributed by atoms with E-state index in [0.29, 0.717) is 17.9 Å². The van der Waals surface area contributed by atoms with Gasteiger partial charge in [0.25, 0.3) is 0 Å². The first-order valence-electron chi connectivity index (χ1n) is 10.3. The molecule has 29 heavy (non-hydrogen) atoms. The molecule has 0 aliphatic carbocycles. The fourth-order valence-corrected chi connectivity index (χ4v) is 4.96. The number of aliphatic hydroxyl groups is 1. The summed E-state index contributed by atoms with van der Waals surface area (Å²) in [6, 6.07) is 11.0. The highest BCUT2D eigenvalue weighted by Gasteiger charge is 2.31. The van der Waals surface area contributed by atoms with E-state index in [1.165, 1.54) is 17.4 Å². The first-order valence-corrected chi connectivity index (χ1v) is 11.2. The van der Waals surface area contributed by atoms with Gasteiger partial charge < -0.3 is 15.7 Å². The second-order valence-corrected chi connectivity index (χ2v) is 8.46. The largest absolute Gasteiger partial charge is 0.386 e. The minimum Gasteiger partial charge on any atom is -0.386 e. The molecule has 3 atom stereocenters. The Kier molecular flexibility index (Phi) is 8.03. The van der Waals surface area contributed by atoms with Gasteiger partial charge in [-0.05, 0) is 56.8 Å². The van der Waals surface area contributed by atoms with Crippen LogP contribution in [0.15, 0.2) is 46.8 Å². The lowest BCUT2D eigenvalue weighted by molar-refractivity contribution is 0.125. The first kappa shape index (κ1) is 21.7. The van der Waals surface area contributed by atoms with Crippen molar-refractivity contribution in [1.29, 1.82) is 0 Å². The molecule has 0 saturated carbocycles. The summed E-state index contributed by atoms with van der Waals surface area (Å²) in [7, 11) is 2.20. The summed E-state index contributed by atoms with van der Waals surface area (Å²) in [5.74, 6) is 0.728. The molecule has 7 heteroatoms. The van der Waals surface area contributed by atoms with Crippen LogP contribution in [-0.2, 0) is 0 Å². The summed E-state index contributed by atoms with van der Waals surface area (Å²) in [5.41, 5.74) is 0.277. The number of thiophene rings is 1. The van der Waals surface area contributed by atoms with E-state index in [9.17, 15) is 9.50 Å². The van der Waals surface area contributed by atoms with E-state index >= 15 is 0 Å². The lowest BCUT2D eigenvalue weighted by Gasteiger charge is -2.39. The van der Waals surface area contributed by atoms with Gasteiger partial charge in [0.15, 0.2) is 5.96 Å². The molecular weight excluding hydrogens is 387 g/mol. The van der Waals surface area contributed by atoms with E-state index in [2.05, 4.69) is 45.1 Å². The van der Waals surface area contributed by atoms with Crippen molar-refractivity contribution in [3.05, 3.63) is 58.0 Å². The maximum atomic E-state index is 13.9. The van der Waals surface area contributed by atoms with E-state index in [4.69, 9.17) is 0 Å². The minimum atomic E-state index is -0.966. The van der Waals surface area contributed by atoms with Crippen LogP contribution in [0.3, 0.4) is 0 Å². The molecule has 158 valence electrons. The highest BCUT2D eigenvalue weighted by Crippen LogP contribution is 2.36. The van der Waals surface area contributed by atoms with Crippen LogP contribution >= 0.6 is 11.3 Å². The zero-order chi connectivity index (χ0) is 20.6. The predicted octanol–water partition coefficient (Wildman–Crippen LogP) is 3.56. The van der Waals surface area contributed by atoms with Gasteiger partial charge in [0.05, 0.1) is 6.54 Å². The lowest BCUT2D eigenvalue weighted by atomic mass is 9.88. The van der Waals surface area contributed by atoms with Gasteiger partial charge in [0, 0.05) is 29.6 Å². The number of aliphatic hydroxyl groups excluding tert-OH is 1. The smallest absolute Gasteiger partial charge is 0.191 e. The van der Waals surface area contributed by atoms with Crippen molar-refractivity contribution in [1.82, 2.24) is 15.5 Å². The van der Waals surface area contributed by atoms with Crippen molar-refractivity contribution in [3.8, 4) is 0 Å². The van der Waals surface area contributed by atoms with E-state index in [-0.39, 0.29) is 12.1 Å². The van der Waals surface area contributed by atoms with Gasteiger partial charge >= 0.3 is 0 Å². The Balaban J connectivity index is 1.63. The molecule has 0 amide bonds. The Hall–Kier alpha value is -1.96. The fraction of sp³-hybridized carbons (Fsp3) is 0.500. The maximum absolute atomic E-state index is 13.9. The molecule has 2 aromatic rings. The molecule has 0 spiro atoms. The normalized spacial score (nSPS) is 21.7. The number of rotatable bonds is 7. The average Bonchev–Trinajstić information content (AvgIpc) is 3.24. The molecule has 0 radical (unpaired) electrons. The Morgan fingerprint density at radius 1 is 1.31 bits per heavy atom. The number of aliphatic imine (C=N–C) groups is 1. The van der Waals surface area contributed by atoms with E-state index in [0.717, 1.165) is 26.1 Å². The van der Waals surface area contributed by atoms with Crippen LogP contribution in [0.25, 0.3) is 0 Å². The third kappa shape index (κ3) is 5.78. The van der Waals surface area contributed by atoms with Crippen LogP contribution in [0, 0.1) is 11.7 Å². The SMILES string of the molecule is CCNC(=NCC(O)c1ccccc1F)NCC1CCCN(C)C1c1cccs1. The Morgan fingerprint density at radius 3 is 2.86 bits per heavy atom. The van der Waals surface area contributed by atoms with E-state index in [1.54, 1.807) is 18.2 Å². The zero-order valence-electron chi connectivity index (χ0n) is 17.1. The second-order valence-electron chi connectivity index (χ2n) is 7.48. The molecule has 1 aliphatic rings. The molecule has 1 aliphatic heterocycles. The van der Waals surface area contributed by atoms with Crippen molar-refractivity contribution < 1.29 is 9.50 Å². The molecule has 1 aromatic heterocycles. The molecule has 3 rings (SSSR count). The van der Waals surface area contributed by atoms with Crippen molar-refractivity contribution in [2.75, 3.05) is 33.2 Å². The zero-order valence-corrected chi connectivity index (χ0v) is 18.0. The molecule has 5 nitrogen and oxygen atoms in total. The summed E-state index contributed by atoms with van der Waals surface area (Å²) in [6.45, 7) is 4.75. The van der Waals surface area contributed by atoms with Gasteiger partial charge in [-0.15, -0.1) is 11.3 Å². The topological polar surface area (TPSA) is 59.9 Å². The van der Waals surface area contributed by atoms with Gasteiger partial charge in [-0.1, -0.05) is 24.3 Å². The molecule has 1 fully saturated rings. The molecule has 3 N–H and O–H groups in total. The summed E-state index contributed by atoms with van der Waals surface area (Å²) in [4.78, 5) is 8.33. The van der Waals surface area contributed by atoms with E-state index < -0.39 is 11.9 Å². The number of nitrogens with one attached hydrogen (secondary N) is 2. The average molecular weight is 419 g/mol. The predicted molar refractivity (Wildman–Crippen MR) is 118 cm³/mol. The van der Waals surface area contributed by atoms with Crippen molar-refractivity contribution in [2.45, 2.75) is 31.9 Å². The standard InChI is InChI=1S/C22H31FN4OS/c1-3-24-22(26-15-19(28)17-9-4-5-10-18(17)23)25-14-16-8-6-12-27(2)21(16)20-11-7-13-29-20/h4-5,7,9-11,13,16,19,21,28H,3,6,8,12,14-15H2,1-2H3,(H2,24,25,26). The van der Waals surface area contributed by atoms with Crippen molar-refractivity contribution in [3.63, 3.8) is 0 Å². The first-order chi connectivity index (χ1) is 14.1. The fourth-order valence-electron chi connectivity index (χ4n) is 3.97. The quantitative estimate of drug-likeness (QED) is 0.475. The highest BCUT2D eigenvalue weighted by atomic mass is 32.1. The summed E-state index contributed by atoms with van der Waals surface area (Å²) in [6.07, 6.45) is 1.38. The monoisotopic (exact) mass is 418 g/mol. The Labute approximate surface area is 176 Å². The van der Waals surface area contributed by atoms with Crippen molar-refractivity contribution in [2.24, 2.45) is 10.9 Å². The molecule has 2 heterocycles. The third-order valence-electron chi connectivity index (χ3n) is 5.40. The number of hydrogen-bond donors (Lipinski definition) is 3. The van der Waals surface area contributed by atoms with Crippen LogP contribution in [-0.4, -0.2) is 49.2 Å². The molecule has 0 bridgehead atoms. The molecule has 3 unspecified atom stereocenters. The Bertz CT molecular complexity index is 783. The van der Waals surface area contributed by atoms with Crippen LogP contribution in [0.4, 0.5) is 4.39 Å². The number of benzene rings is 1. The van der Waals surface area contributed by atoms with Gasteiger partial charge in [-0.2, -0.15) is 0 Å². The van der Waals surface area contributed by atoms with Crippen LogP contribution in [0.2, 0.25) is 0 Å². The summed E-state index contributed by atoms with van der Waals surface area (Å²) >= 11 is 1.81. The number of likely N-dealkylation sites (tertiary alicyclic amines) is 1. The van der Waals surface area contributed by atoms with Crippen molar-refractivity contribution >= 4 is 17.3 Å². The van der Waals surface area contributed by atoms with Gasteiger partial charge in [-0.3, -0.25) is 9.89 Å². The number of halogens is 1. The van der Waals surface area contributed by atoms with Crippen LogP contribution < -0.4 is 10.6 Å². The Morgan fingerprint density at radius 2 is 2.14 bits per heavy atom. The molecule has 1 aromatic carbocycles. The lowest BCUT2D eigenvalue weighted by Crippen LogP contribution is -2.45. The summed E-state index contributed by atoms with van der Waals surface area (Å²) < 4.78 is 13.9. The van der Waals surface area contributed by atoms with E-state index in [1.807, 2.05) is 18.3 Å². The number of hydrogen-bond acceptors (Lipinski definition) is 4. The maximum Gasteiger partial charge on any atom is 0.191 e.